The second kappa shape index (κ2) is 6.53. The highest BCUT2D eigenvalue weighted by Crippen LogP contribution is 2.36. The van der Waals surface area contributed by atoms with E-state index in [9.17, 15) is 0 Å². The van der Waals surface area contributed by atoms with Crippen molar-refractivity contribution >= 4 is 11.4 Å². The minimum atomic E-state index is 1.08. The van der Waals surface area contributed by atoms with Crippen molar-refractivity contribution in [2.24, 2.45) is 0 Å². The molecule has 0 bridgehead atoms. The molecule has 0 saturated carbocycles. The third-order valence-corrected chi connectivity index (χ3v) is 4.46. The van der Waals surface area contributed by atoms with E-state index in [0.717, 1.165) is 25.9 Å². The summed E-state index contributed by atoms with van der Waals surface area (Å²) in [6, 6.07) is 15.8. The van der Waals surface area contributed by atoms with Gasteiger partial charge >= 0.3 is 0 Å². The van der Waals surface area contributed by atoms with Crippen LogP contribution < -0.4 is 4.90 Å². The molecule has 0 aromatic heterocycles. The van der Waals surface area contributed by atoms with Crippen molar-refractivity contribution < 1.29 is 0 Å². The van der Waals surface area contributed by atoms with Gasteiger partial charge in [0, 0.05) is 17.9 Å². The predicted molar refractivity (Wildman–Crippen MR) is 95.2 cm³/mol. The molecule has 0 unspecified atom stereocenters. The van der Waals surface area contributed by atoms with Gasteiger partial charge < -0.3 is 9.80 Å². The Balaban J connectivity index is 1.98. The molecule has 0 aliphatic carbocycles. The highest BCUT2D eigenvalue weighted by Gasteiger charge is 2.20. The van der Waals surface area contributed by atoms with Crippen LogP contribution in [-0.2, 0) is 12.8 Å². The van der Waals surface area contributed by atoms with Gasteiger partial charge in [-0.15, -0.1) is 0 Å². The quantitative estimate of drug-likeness (QED) is 0.834. The van der Waals surface area contributed by atoms with Crippen molar-refractivity contribution in [1.82, 2.24) is 4.90 Å². The first kappa shape index (κ1) is 15.1. The summed E-state index contributed by atoms with van der Waals surface area (Å²) in [7, 11) is 4.29. The average molecular weight is 294 g/mol. The molecule has 1 aliphatic heterocycles. The monoisotopic (exact) mass is 294 g/mol. The number of anilines is 2. The molecule has 2 aromatic carbocycles. The number of aryl methyl sites for hydroxylation is 3. The molecule has 116 valence electrons. The normalized spacial score (nSPS) is 13.7. The third kappa shape index (κ3) is 3.17. The summed E-state index contributed by atoms with van der Waals surface area (Å²) in [5.41, 5.74) is 7.10. The van der Waals surface area contributed by atoms with E-state index in [4.69, 9.17) is 0 Å². The van der Waals surface area contributed by atoms with Gasteiger partial charge in [0.1, 0.15) is 0 Å². The SMILES string of the molecule is Cc1ccc2c(c1)N(CCCN(C)C)c1ccccc1CC2. The summed E-state index contributed by atoms with van der Waals surface area (Å²) in [5.74, 6) is 0. The van der Waals surface area contributed by atoms with Crippen molar-refractivity contribution in [2.45, 2.75) is 26.2 Å². The first-order valence-electron chi connectivity index (χ1n) is 8.25. The molecule has 0 N–H and O–H groups in total. The van der Waals surface area contributed by atoms with Gasteiger partial charge in [0.15, 0.2) is 0 Å². The molecule has 2 heteroatoms. The van der Waals surface area contributed by atoms with Crippen molar-refractivity contribution in [1.29, 1.82) is 0 Å². The molecule has 0 saturated heterocycles. The summed E-state index contributed by atoms with van der Waals surface area (Å²) < 4.78 is 0. The number of hydrogen-bond acceptors (Lipinski definition) is 2. The van der Waals surface area contributed by atoms with Gasteiger partial charge in [-0.2, -0.15) is 0 Å². The maximum atomic E-state index is 2.54. The van der Waals surface area contributed by atoms with Gasteiger partial charge in [-0.3, -0.25) is 0 Å². The molecule has 0 radical (unpaired) electrons. The second-order valence-corrected chi connectivity index (χ2v) is 6.57. The summed E-state index contributed by atoms with van der Waals surface area (Å²) in [6.45, 7) is 4.39. The molecule has 2 aromatic rings. The van der Waals surface area contributed by atoms with E-state index in [0.29, 0.717) is 0 Å². The lowest BCUT2D eigenvalue weighted by Gasteiger charge is -2.28. The molecular weight excluding hydrogens is 268 g/mol. The van der Waals surface area contributed by atoms with Gasteiger partial charge in [-0.25, -0.2) is 0 Å². The zero-order valence-electron chi connectivity index (χ0n) is 14.0. The van der Waals surface area contributed by atoms with E-state index in [1.165, 1.54) is 34.5 Å². The first-order chi connectivity index (χ1) is 10.6. The topological polar surface area (TPSA) is 6.48 Å². The number of fused-ring (bicyclic) bond motifs is 2. The molecule has 1 aliphatic rings. The lowest BCUT2D eigenvalue weighted by atomic mass is 10.0. The summed E-state index contributed by atoms with van der Waals surface area (Å²) in [4.78, 5) is 4.80. The standard InChI is InChI=1S/C20H26N2/c1-16-9-10-18-12-11-17-7-4-5-8-19(17)22(20(18)15-16)14-6-13-21(2)3/h4-5,7-10,15H,6,11-14H2,1-3H3. The largest absolute Gasteiger partial charge is 0.341 e. The highest BCUT2D eigenvalue weighted by molar-refractivity contribution is 5.71. The molecule has 0 spiro atoms. The average Bonchev–Trinajstić information content (AvgIpc) is 2.65. The van der Waals surface area contributed by atoms with Crippen LogP contribution in [0.1, 0.15) is 23.1 Å². The van der Waals surface area contributed by atoms with E-state index in [1.54, 1.807) is 0 Å². The first-order valence-corrected chi connectivity index (χ1v) is 8.25. The van der Waals surface area contributed by atoms with Crippen LogP contribution in [0.4, 0.5) is 11.4 Å². The van der Waals surface area contributed by atoms with Crippen LogP contribution in [0.5, 0.6) is 0 Å². The Labute approximate surface area is 134 Å². The van der Waals surface area contributed by atoms with Crippen LogP contribution in [0, 0.1) is 6.92 Å². The van der Waals surface area contributed by atoms with Crippen molar-refractivity contribution in [3.63, 3.8) is 0 Å². The van der Waals surface area contributed by atoms with Crippen molar-refractivity contribution in [3.05, 3.63) is 59.2 Å². The molecule has 1 heterocycles. The zero-order chi connectivity index (χ0) is 15.5. The fourth-order valence-corrected chi connectivity index (χ4v) is 3.31. The Kier molecular flexibility index (Phi) is 4.49. The Bertz CT molecular complexity index is 646. The number of rotatable bonds is 4. The van der Waals surface area contributed by atoms with E-state index < -0.39 is 0 Å². The second-order valence-electron chi connectivity index (χ2n) is 6.57. The fraction of sp³-hybridized carbons (Fsp3) is 0.400. The fourth-order valence-electron chi connectivity index (χ4n) is 3.31. The number of para-hydroxylation sites is 1. The Morgan fingerprint density at radius 1 is 0.955 bits per heavy atom. The lowest BCUT2D eigenvalue weighted by molar-refractivity contribution is 0.402. The number of nitrogens with zero attached hydrogens (tertiary/aromatic N) is 2. The minimum absolute atomic E-state index is 1.08. The molecule has 22 heavy (non-hydrogen) atoms. The maximum absolute atomic E-state index is 2.54. The Morgan fingerprint density at radius 3 is 2.45 bits per heavy atom. The molecule has 3 rings (SSSR count). The van der Waals surface area contributed by atoms with E-state index in [2.05, 4.69) is 73.3 Å². The Hall–Kier alpha value is -1.80. The zero-order valence-corrected chi connectivity index (χ0v) is 14.0. The summed E-state index contributed by atoms with van der Waals surface area (Å²) >= 11 is 0. The van der Waals surface area contributed by atoms with E-state index >= 15 is 0 Å². The van der Waals surface area contributed by atoms with Crippen LogP contribution in [0.25, 0.3) is 0 Å². The van der Waals surface area contributed by atoms with Crippen molar-refractivity contribution in [3.8, 4) is 0 Å². The lowest BCUT2D eigenvalue weighted by Crippen LogP contribution is -2.24. The van der Waals surface area contributed by atoms with E-state index in [-0.39, 0.29) is 0 Å². The maximum Gasteiger partial charge on any atom is 0.0446 e. The molecule has 0 fully saturated rings. The minimum Gasteiger partial charge on any atom is -0.341 e. The third-order valence-electron chi connectivity index (χ3n) is 4.46. The predicted octanol–water partition coefficient (Wildman–Crippen LogP) is 4.18. The van der Waals surface area contributed by atoms with Gasteiger partial charge in [0.05, 0.1) is 0 Å². The van der Waals surface area contributed by atoms with Gasteiger partial charge in [0.25, 0.3) is 0 Å². The van der Waals surface area contributed by atoms with Crippen LogP contribution >= 0.6 is 0 Å². The number of benzene rings is 2. The van der Waals surface area contributed by atoms with E-state index in [1.807, 2.05) is 0 Å². The smallest absolute Gasteiger partial charge is 0.0446 e. The summed E-state index contributed by atoms with van der Waals surface area (Å²) in [6.07, 6.45) is 3.45. The highest BCUT2D eigenvalue weighted by atomic mass is 15.1. The van der Waals surface area contributed by atoms with Gasteiger partial charge in [-0.05, 0) is 75.6 Å². The number of hydrogen-bond donors (Lipinski definition) is 0. The molecule has 2 nitrogen and oxygen atoms in total. The van der Waals surface area contributed by atoms with Crippen molar-refractivity contribution in [2.75, 3.05) is 32.1 Å². The van der Waals surface area contributed by atoms with Gasteiger partial charge in [-0.1, -0.05) is 30.3 Å². The molecule has 0 amide bonds. The van der Waals surface area contributed by atoms with Crippen LogP contribution in [0.2, 0.25) is 0 Å². The van der Waals surface area contributed by atoms with Crippen LogP contribution in [0.15, 0.2) is 42.5 Å². The van der Waals surface area contributed by atoms with Crippen LogP contribution in [-0.4, -0.2) is 32.1 Å². The summed E-state index contributed by atoms with van der Waals surface area (Å²) in [5, 5.41) is 0. The molecular formula is C20H26N2. The van der Waals surface area contributed by atoms with Crippen LogP contribution in [0.3, 0.4) is 0 Å². The molecule has 0 atom stereocenters. The Morgan fingerprint density at radius 2 is 1.68 bits per heavy atom. The van der Waals surface area contributed by atoms with Gasteiger partial charge in [0.2, 0.25) is 0 Å².